The molecule has 34 heavy (non-hydrogen) atoms. The van der Waals surface area contributed by atoms with Gasteiger partial charge in [-0.05, 0) is 61.6 Å². The summed E-state index contributed by atoms with van der Waals surface area (Å²) in [4.78, 5) is 5.97. The van der Waals surface area contributed by atoms with Gasteiger partial charge in [0.25, 0.3) is 0 Å². The lowest BCUT2D eigenvalue weighted by atomic mass is 9.89. The summed E-state index contributed by atoms with van der Waals surface area (Å²) in [5.74, 6) is -0.793. The molecule has 0 bridgehead atoms. The number of benzene rings is 2. The maximum Gasteiger partial charge on any atom is 0.183 e. The molecule has 2 aromatic carbocycles. The minimum absolute atomic E-state index is 0.00774. The fourth-order valence-corrected chi connectivity index (χ4v) is 6.19. The number of nitrogens with zero attached hydrogens (tertiary/aromatic N) is 1. The molecule has 0 radical (unpaired) electrons. The number of aromatic nitrogens is 1. The molecule has 0 amide bonds. The van der Waals surface area contributed by atoms with Crippen LogP contribution in [0.5, 0.6) is 5.75 Å². The van der Waals surface area contributed by atoms with Crippen molar-refractivity contribution in [2.75, 3.05) is 23.7 Å². The van der Waals surface area contributed by atoms with Crippen LogP contribution in [-0.4, -0.2) is 22.8 Å². The van der Waals surface area contributed by atoms with Crippen molar-refractivity contribution in [3.63, 3.8) is 0 Å². The van der Waals surface area contributed by atoms with E-state index in [0.29, 0.717) is 16.6 Å². The Kier molecular flexibility index (Phi) is 8.06. The average Bonchev–Trinajstić information content (AvgIpc) is 3.21. The minimum atomic E-state index is -1.84. The number of thiazole rings is 1. The van der Waals surface area contributed by atoms with Gasteiger partial charge in [0.2, 0.25) is 0 Å². The summed E-state index contributed by atoms with van der Waals surface area (Å²) in [6.45, 7) is 2.86. The van der Waals surface area contributed by atoms with Crippen molar-refractivity contribution in [1.82, 2.24) is 4.98 Å². The van der Waals surface area contributed by atoms with E-state index in [1.807, 2.05) is 13.0 Å². The van der Waals surface area contributed by atoms with Crippen LogP contribution < -0.4 is 14.8 Å². The molecule has 0 saturated heterocycles. The summed E-state index contributed by atoms with van der Waals surface area (Å²) >= 11 is 7.09. The molecule has 182 valence electrons. The van der Waals surface area contributed by atoms with Crippen molar-refractivity contribution in [2.24, 2.45) is 5.92 Å². The van der Waals surface area contributed by atoms with E-state index in [2.05, 4.69) is 15.0 Å². The summed E-state index contributed by atoms with van der Waals surface area (Å²) in [7, 11) is -0.368. The van der Waals surface area contributed by atoms with Gasteiger partial charge in [-0.1, -0.05) is 42.2 Å². The molecule has 1 fully saturated rings. The Morgan fingerprint density at radius 1 is 1.18 bits per heavy atom. The van der Waals surface area contributed by atoms with Crippen LogP contribution in [0.3, 0.4) is 0 Å². The van der Waals surface area contributed by atoms with Crippen LogP contribution in [0, 0.1) is 24.5 Å². The molecule has 10 heteroatoms. The first kappa shape index (κ1) is 24.9. The molecular formula is C24H26ClF2N3O2S2. The first-order valence-electron chi connectivity index (χ1n) is 11.1. The second-order valence-electron chi connectivity index (χ2n) is 8.31. The fraction of sp³-hybridized carbons (Fsp3) is 0.375. The Morgan fingerprint density at radius 2 is 1.88 bits per heavy atom. The molecule has 2 N–H and O–H groups in total. The standard InChI is InChI=1S/C24H26ClF2N3O2S2/c1-14-23(33-24(29-14)28-13-15-6-4-3-5-7-15)16-8-9-20(32-2)21(10-16)34(31)30-17-11-18(26)22(25)19(27)12-17/h8-12,15,30H,3-7,13H2,1-2H3,(H,28,29). The first-order chi connectivity index (χ1) is 16.4. The molecular weight excluding hydrogens is 500 g/mol. The lowest BCUT2D eigenvalue weighted by Crippen LogP contribution is -2.16. The van der Waals surface area contributed by atoms with Crippen LogP contribution in [0.1, 0.15) is 37.8 Å². The number of hydrogen-bond acceptors (Lipinski definition) is 5. The summed E-state index contributed by atoms with van der Waals surface area (Å²) in [6.07, 6.45) is 6.43. The van der Waals surface area contributed by atoms with E-state index < -0.39 is 27.6 Å². The Labute approximate surface area is 209 Å². The predicted molar refractivity (Wildman–Crippen MR) is 135 cm³/mol. The highest BCUT2D eigenvalue weighted by atomic mass is 35.5. The quantitative estimate of drug-likeness (QED) is 0.306. The van der Waals surface area contributed by atoms with E-state index in [9.17, 15) is 13.0 Å². The van der Waals surface area contributed by atoms with E-state index >= 15 is 0 Å². The number of halogens is 3. The number of aryl methyl sites for hydroxylation is 1. The average molecular weight is 526 g/mol. The van der Waals surface area contributed by atoms with Crippen molar-refractivity contribution < 1.29 is 17.7 Å². The molecule has 1 saturated carbocycles. The Balaban J connectivity index is 1.55. The highest BCUT2D eigenvalue weighted by Crippen LogP contribution is 2.37. The summed E-state index contributed by atoms with van der Waals surface area (Å²) in [5, 5.41) is 3.74. The number of nitrogens with one attached hydrogen (secondary N) is 2. The number of anilines is 2. The normalized spacial score (nSPS) is 15.2. The zero-order valence-corrected chi connectivity index (χ0v) is 21.3. The largest absolute Gasteiger partial charge is 0.495 e. The maximum absolute atomic E-state index is 13.8. The molecule has 1 heterocycles. The number of methoxy groups -OCH3 is 1. The third-order valence-electron chi connectivity index (χ3n) is 5.88. The van der Waals surface area contributed by atoms with Crippen LogP contribution in [0.2, 0.25) is 5.02 Å². The van der Waals surface area contributed by atoms with E-state index in [4.69, 9.17) is 16.3 Å². The van der Waals surface area contributed by atoms with Crippen LogP contribution >= 0.6 is 22.9 Å². The van der Waals surface area contributed by atoms with Crippen molar-refractivity contribution in [3.8, 4) is 16.2 Å². The van der Waals surface area contributed by atoms with Crippen LogP contribution in [0.15, 0.2) is 35.2 Å². The number of rotatable bonds is 8. The molecule has 1 unspecified atom stereocenters. The second kappa shape index (κ2) is 11.0. The van der Waals surface area contributed by atoms with Gasteiger partial charge in [0.15, 0.2) is 16.1 Å². The minimum Gasteiger partial charge on any atom is -0.495 e. The molecule has 5 nitrogen and oxygen atoms in total. The number of hydrogen-bond donors (Lipinski definition) is 2. The van der Waals surface area contributed by atoms with Crippen molar-refractivity contribution in [2.45, 2.75) is 43.9 Å². The van der Waals surface area contributed by atoms with E-state index in [-0.39, 0.29) is 5.69 Å². The molecule has 1 aliphatic rings. The van der Waals surface area contributed by atoms with Gasteiger partial charge in [-0.3, -0.25) is 0 Å². The zero-order chi connectivity index (χ0) is 24.2. The van der Waals surface area contributed by atoms with E-state index in [1.165, 1.54) is 39.2 Å². The molecule has 0 spiro atoms. The molecule has 1 aromatic heterocycles. The molecule has 4 rings (SSSR count). The summed E-state index contributed by atoms with van der Waals surface area (Å²) in [5.41, 5.74) is 1.71. The van der Waals surface area contributed by atoms with Gasteiger partial charge in [-0.2, -0.15) is 0 Å². The van der Waals surface area contributed by atoms with Crippen LogP contribution in [0.4, 0.5) is 19.6 Å². The molecule has 1 atom stereocenters. The predicted octanol–water partition coefficient (Wildman–Crippen LogP) is 7.19. The van der Waals surface area contributed by atoms with Gasteiger partial charge in [-0.25, -0.2) is 18.0 Å². The summed E-state index contributed by atoms with van der Waals surface area (Å²) in [6, 6.07) is 7.35. The lowest BCUT2D eigenvalue weighted by molar-refractivity contribution is 0.373. The third kappa shape index (κ3) is 5.70. The Hall–Kier alpha value is -2.23. The molecule has 3 aromatic rings. The van der Waals surface area contributed by atoms with Crippen molar-refractivity contribution in [3.05, 3.63) is 52.7 Å². The number of ether oxygens (including phenoxy) is 1. The highest BCUT2D eigenvalue weighted by Gasteiger charge is 2.19. The first-order valence-corrected chi connectivity index (χ1v) is 13.4. The SMILES string of the molecule is COc1ccc(-c2sc(NCC3CCCCC3)nc2C)cc1S(=O)Nc1cc(F)c(Cl)c(F)c1. The van der Waals surface area contributed by atoms with Crippen molar-refractivity contribution in [1.29, 1.82) is 0 Å². The van der Waals surface area contributed by atoms with Crippen molar-refractivity contribution >= 4 is 44.7 Å². The maximum atomic E-state index is 13.8. The summed E-state index contributed by atoms with van der Waals surface area (Å²) < 4.78 is 48.7. The topological polar surface area (TPSA) is 63.2 Å². The van der Waals surface area contributed by atoms with Gasteiger partial charge < -0.3 is 14.8 Å². The van der Waals surface area contributed by atoms with E-state index in [0.717, 1.165) is 39.9 Å². The van der Waals surface area contributed by atoms with Crippen LogP contribution in [-0.2, 0) is 11.0 Å². The monoisotopic (exact) mass is 525 g/mol. The highest BCUT2D eigenvalue weighted by molar-refractivity contribution is 7.86. The molecule has 1 aliphatic carbocycles. The van der Waals surface area contributed by atoms with Gasteiger partial charge >= 0.3 is 0 Å². The van der Waals surface area contributed by atoms with Gasteiger partial charge in [0.1, 0.15) is 27.3 Å². The Morgan fingerprint density at radius 3 is 2.56 bits per heavy atom. The zero-order valence-electron chi connectivity index (χ0n) is 18.9. The van der Waals surface area contributed by atoms with Crippen LogP contribution in [0.25, 0.3) is 10.4 Å². The third-order valence-corrected chi connectivity index (χ3v) is 8.55. The smallest absolute Gasteiger partial charge is 0.183 e. The van der Waals surface area contributed by atoms with Gasteiger partial charge in [-0.15, -0.1) is 0 Å². The van der Waals surface area contributed by atoms with Gasteiger partial charge in [0, 0.05) is 6.54 Å². The fourth-order valence-electron chi connectivity index (χ4n) is 4.10. The van der Waals surface area contributed by atoms with Gasteiger partial charge in [0.05, 0.1) is 23.4 Å². The molecule has 0 aliphatic heterocycles. The Bertz CT molecular complexity index is 1180. The second-order valence-corrected chi connectivity index (χ2v) is 10.9. The van der Waals surface area contributed by atoms with E-state index in [1.54, 1.807) is 23.5 Å². The lowest BCUT2D eigenvalue weighted by Gasteiger charge is -2.21.